The fraction of sp³-hybridized carbons (Fsp3) is 0.917. The third kappa shape index (κ3) is 8.68. The van der Waals surface area contributed by atoms with Gasteiger partial charge in [0.05, 0.1) is 0 Å². The van der Waals surface area contributed by atoms with Gasteiger partial charge in [-0.2, -0.15) is 0 Å². The van der Waals surface area contributed by atoms with Gasteiger partial charge in [-0.1, -0.05) is 13.8 Å². The molecule has 0 aromatic carbocycles. The third-order valence-corrected chi connectivity index (χ3v) is 2.73. The number of nitrogens with zero attached hydrogens (tertiary/aromatic N) is 1. The molecule has 0 saturated carbocycles. The van der Waals surface area contributed by atoms with Crippen LogP contribution in [-0.2, 0) is 4.79 Å². The molecule has 0 saturated heterocycles. The Morgan fingerprint density at radius 3 is 2.44 bits per heavy atom. The number of nitrogens with one attached hydrogen (secondary N) is 1. The Balaban J connectivity index is 3.29. The van der Waals surface area contributed by atoms with E-state index in [9.17, 15) is 4.79 Å². The molecule has 96 valence electrons. The minimum absolute atomic E-state index is 0.133. The molecule has 16 heavy (non-hydrogen) atoms. The van der Waals surface area contributed by atoms with E-state index in [-0.39, 0.29) is 5.91 Å². The largest absolute Gasteiger partial charge is 0.356 e. The zero-order valence-electron chi connectivity index (χ0n) is 10.8. The zero-order valence-corrected chi connectivity index (χ0v) is 10.8. The summed E-state index contributed by atoms with van der Waals surface area (Å²) in [6.45, 7) is 9.10. The Hall–Kier alpha value is -0.610. The number of carbonyl (C=O) groups is 1. The monoisotopic (exact) mass is 229 g/mol. The van der Waals surface area contributed by atoms with Crippen molar-refractivity contribution in [3.8, 4) is 0 Å². The molecule has 0 aromatic heterocycles. The first-order valence-corrected chi connectivity index (χ1v) is 6.43. The summed E-state index contributed by atoms with van der Waals surface area (Å²) in [6, 6.07) is 0. The van der Waals surface area contributed by atoms with Crippen molar-refractivity contribution in [3.63, 3.8) is 0 Å². The predicted octanol–water partition coefficient (Wildman–Crippen LogP) is 0.964. The summed E-state index contributed by atoms with van der Waals surface area (Å²) in [7, 11) is 0. The second-order valence-electron chi connectivity index (χ2n) is 3.98. The normalized spacial score (nSPS) is 10.8. The van der Waals surface area contributed by atoms with E-state index in [1.807, 2.05) is 0 Å². The van der Waals surface area contributed by atoms with Gasteiger partial charge >= 0.3 is 0 Å². The van der Waals surface area contributed by atoms with Crippen LogP contribution in [0.5, 0.6) is 0 Å². The van der Waals surface area contributed by atoms with Crippen LogP contribution < -0.4 is 11.1 Å². The molecule has 0 aliphatic carbocycles. The minimum Gasteiger partial charge on any atom is -0.356 e. The van der Waals surface area contributed by atoms with Crippen LogP contribution in [0.1, 0.15) is 39.5 Å². The van der Waals surface area contributed by atoms with Crippen LogP contribution >= 0.6 is 0 Å². The van der Waals surface area contributed by atoms with Crippen LogP contribution in [-0.4, -0.2) is 43.5 Å². The summed E-state index contributed by atoms with van der Waals surface area (Å²) in [4.78, 5) is 13.6. The maximum Gasteiger partial charge on any atom is 0.220 e. The molecular weight excluding hydrogens is 202 g/mol. The average Bonchev–Trinajstić information content (AvgIpc) is 2.31. The van der Waals surface area contributed by atoms with Crippen molar-refractivity contribution >= 4 is 5.91 Å². The first kappa shape index (κ1) is 15.4. The number of amides is 1. The lowest BCUT2D eigenvalue weighted by Crippen LogP contribution is -2.27. The van der Waals surface area contributed by atoms with Crippen molar-refractivity contribution in [2.75, 3.05) is 32.7 Å². The second kappa shape index (κ2) is 10.9. The molecule has 4 heteroatoms. The Morgan fingerprint density at radius 1 is 1.19 bits per heavy atom. The van der Waals surface area contributed by atoms with Gasteiger partial charge in [-0.05, 0) is 45.4 Å². The summed E-state index contributed by atoms with van der Waals surface area (Å²) < 4.78 is 0. The Labute approximate surface area is 99.6 Å². The molecule has 0 aliphatic rings. The average molecular weight is 229 g/mol. The topological polar surface area (TPSA) is 58.4 Å². The number of rotatable bonds is 10. The van der Waals surface area contributed by atoms with E-state index in [0.29, 0.717) is 13.0 Å². The number of hydrogen-bond acceptors (Lipinski definition) is 3. The molecule has 0 unspecified atom stereocenters. The summed E-state index contributed by atoms with van der Waals surface area (Å²) in [5.41, 5.74) is 5.33. The predicted molar refractivity (Wildman–Crippen MR) is 68.3 cm³/mol. The number of nitrogens with two attached hydrogens (primary N) is 1. The summed E-state index contributed by atoms with van der Waals surface area (Å²) in [6.07, 6.45) is 3.56. The molecule has 0 radical (unpaired) electrons. The van der Waals surface area contributed by atoms with Gasteiger partial charge in [-0.25, -0.2) is 0 Å². The molecule has 0 rings (SSSR count). The molecule has 0 aromatic rings. The summed E-state index contributed by atoms with van der Waals surface area (Å²) in [5.74, 6) is 0.133. The lowest BCUT2D eigenvalue weighted by molar-refractivity contribution is -0.121. The van der Waals surface area contributed by atoms with Gasteiger partial charge < -0.3 is 16.0 Å². The van der Waals surface area contributed by atoms with E-state index in [1.54, 1.807) is 0 Å². The van der Waals surface area contributed by atoms with Gasteiger partial charge in [0.25, 0.3) is 0 Å². The third-order valence-electron chi connectivity index (χ3n) is 2.73. The maximum atomic E-state index is 11.2. The molecule has 0 fully saturated rings. The minimum atomic E-state index is 0.133. The molecule has 0 aliphatic heterocycles. The van der Waals surface area contributed by atoms with Crippen molar-refractivity contribution in [2.45, 2.75) is 39.5 Å². The Kier molecular flexibility index (Phi) is 10.5. The molecule has 0 spiro atoms. The number of unbranched alkanes of at least 4 members (excludes halogenated alkanes) is 1. The highest BCUT2D eigenvalue weighted by atomic mass is 16.1. The van der Waals surface area contributed by atoms with Crippen LogP contribution in [0.2, 0.25) is 0 Å². The quantitative estimate of drug-likeness (QED) is 0.549. The smallest absolute Gasteiger partial charge is 0.220 e. The van der Waals surface area contributed by atoms with Gasteiger partial charge in [0.15, 0.2) is 0 Å². The fourth-order valence-corrected chi connectivity index (χ4v) is 1.58. The van der Waals surface area contributed by atoms with E-state index >= 15 is 0 Å². The molecule has 1 amide bonds. The first-order valence-electron chi connectivity index (χ1n) is 6.43. The molecule has 4 nitrogen and oxygen atoms in total. The highest BCUT2D eigenvalue weighted by Gasteiger charge is 2.00. The lowest BCUT2D eigenvalue weighted by atomic mass is 10.2. The van der Waals surface area contributed by atoms with Gasteiger partial charge in [0.2, 0.25) is 5.91 Å². The van der Waals surface area contributed by atoms with Crippen LogP contribution in [0, 0.1) is 0 Å². The van der Waals surface area contributed by atoms with Crippen LogP contribution in [0.15, 0.2) is 0 Å². The summed E-state index contributed by atoms with van der Waals surface area (Å²) >= 11 is 0. The van der Waals surface area contributed by atoms with Crippen molar-refractivity contribution in [3.05, 3.63) is 0 Å². The van der Waals surface area contributed by atoms with Gasteiger partial charge in [-0.15, -0.1) is 0 Å². The van der Waals surface area contributed by atoms with Crippen LogP contribution in [0.3, 0.4) is 0 Å². The van der Waals surface area contributed by atoms with Crippen molar-refractivity contribution in [2.24, 2.45) is 5.73 Å². The van der Waals surface area contributed by atoms with Gasteiger partial charge in [-0.3, -0.25) is 4.79 Å². The SMILES string of the molecule is CCN(CC)CCCCNC(=O)CCCN. The van der Waals surface area contributed by atoms with Crippen molar-refractivity contribution in [1.29, 1.82) is 0 Å². The molecule has 0 bridgehead atoms. The van der Waals surface area contributed by atoms with Gasteiger partial charge in [0, 0.05) is 13.0 Å². The molecular formula is C12H27N3O. The highest BCUT2D eigenvalue weighted by Crippen LogP contribution is 1.94. The maximum absolute atomic E-state index is 11.2. The molecule has 0 heterocycles. The van der Waals surface area contributed by atoms with E-state index in [1.165, 1.54) is 0 Å². The van der Waals surface area contributed by atoms with Crippen molar-refractivity contribution in [1.82, 2.24) is 10.2 Å². The van der Waals surface area contributed by atoms with Gasteiger partial charge in [0.1, 0.15) is 0 Å². The van der Waals surface area contributed by atoms with E-state index in [2.05, 4.69) is 24.1 Å². The highest BCUT2D eigenvalue weighted by molar-refractivity contribution is 5.75. The van der Waals surface area contributed by atoms with E-state index in [0.717, 1.165) is 45.4 Å². The second-order valence-corrected chi connectivity index (χ2v) is 3.98. The van der Waals surface area contributed by atoms with Crippen LogP contribution in [0.25, 0.3) is 0 Å². The number of carbonyl (C=O) groups excluding carboxylic acids is 1. The van der Waals surface area contributed by atoms with Crippen molar-refractivity contribution < 1.29 is 4.79 Å². The molecule has 3 N–H and O–H groups in total. The summed E-state index contributed by atoms with van der Waals surface area (Å²) in [5, 5.41) is 2.91. The van der Waals surface area contributed by atoms with E-state index < -0.39 is 0 Å². The molecule has 0 atom stereocenters. The standard InChI is InChI=1S/C12H27N3O/c1-3-15(4-2)11-6-5-10-14-12(16)8-7-9-13/h3-11,13H2,1-2H3,(H,14,16). The fourth-order valence-electron chi connectivity index (χ4n) is 1.58. The lowest BCUT2D eigenvalue weighted by Gasteiger charge is -2.17. The Morgan fingerprint density at radius 2 is 1.88 bits per heavy atom. The zero-order chi connectivity index (χ0) is 12.2. The Bertz CT molecular complexity index is 170. The first-order chi connectivity index (χ1) is 7.74. The van der Waals surface area contributed by atoms with Crippen LogP contribution in [0.4, 0.5) is 0 Å². The number of hydrogen-bond donors (Lipinski definition) is 2. The van der Waals surface area contributed by atoms with E-state index in [4.69, 9.17) is 5.73 Å².